The molecule has 0 unspecified atom stereocenters. The summed E-state index contributed by atoms with van der Waals surface area (Å²) >= 11 is 2.84. The van der Waals surface area contributed by atoms with E-state index in [0.717, 1.165) is 64.0 Å². The first kappa shape index (κ1) is 27.0. The van der Waals surface area contributed by atoms with Gasteiger partial charge in [-0.3, -0.25) is 14.2 Å². The van der Waals surface area contributed by atoms with Gasteiger partial charge in [0.1, 0.15) is 17.2 Å². The Morgan fingerprint density at radius 1 is 1.02 bits per heavy atom. The third-order valence-corrected chi connectivity index (χ3v) is 8.94. The zero-order valence-corrected chi connectivity index (χ0v) is 23.9. The summed E-state index contributed by atoms with van der Waals surface area (Å²) in [6, 6.07) is 27.0. The number of benzene rings is 3. The lowest BCUT2D eigenvalue weighted by molar-refractivity contribution is -0.118. The van der Waals surface area contributed by atoms with Gasteiger partial charge in [0.05, 0.1) is 23.0 Å². The average molecular weight is 581 g/mol. The minimum atomic E-state index is -0.290. The number of thioether (sulfide) groups is 1. The molecule has 0 saturated carbocycles. The van der Waals surface area contributed by atoms with E-state index in [0.29, 0.717) is 11.8 Å². The molecule has 9 heteroatoms. The lowest BCUT2D eigenvalue weighted by atomic mass is 9.97. The van der Waals surface area contributed by atoms with E-state index < -0.39 is 0 Å². The third kappa shape index (κ3) is 6.26. The van der Waals surface area contributed by atoms with Gasteiger partial charge in [0.25, 0.3) is 11.5 Å². The molecule has 1 aliphatic carbocycles. The molecule has 2 aromatic heterocycles. The fourth-order valence-corrected chi connectivity index (χ4v) is 6.96. The number of nitrogens with zero attached hydrogens (tertiary/aromatic N) is 3. The molecule has 0 saturated heterocycles. The van der Waals surface area contributed by atoms with Gasteiger partial charge in [-0.2, -0.15) is 5.10 Å². The second-order valence-electron chi connectivity index (χ2n) is 9.69. The normalized spacial score (nSPS) is 12.9. The van der Waals surface area contributed by atoms with E-state index in [1.807, 2.05) is 84.9 Å². The quantitative estimate of drug-likeness (QED) is 0.0979. The van der Waals surface area contributed by atoms with Crippen molar-refractivity contribution in [3.63, 3.8) is 0 Å². The van der Waals surface area contributed by atoms with Crippen molar-refractivity contribution in [2.75, 3.05) is 5.75 Å². The highest BCUT2D eigenvalue weighted by Crippen LogP contribution is 2.35. The van der Waals surface area contributed by atoms with Gasteiger partial charge in [-0.15, -0.1) is 11.3 Å². The number of aromatic nitrogens is 2. The number of amides is 1. The molecule has 0 fully saturated rings. The molecule has 1 aliphatic rings. The number of para-hydroxylation sites is 1. The van der Waals surface area contributed by atoms with Crippen LogP contribution in [0.4, 0.5) is 0 Å². The fraction of sp³-hybridized carbons (Fsp3) is 0.188. The SMILES string of the molecule is O=C(CSc1nc2sc3c(c2c(=O)n1-c1ccccc1)CCCC3)NN=Cc1cccc(OCc2ccccc2)c1. The van der Waals surface area contributed by atoms with E-state index in [1.54, 1.807) is 22.1 Å². The molecule has 0 radical (unpaired) electrons. The van der Waals surface area contributed by atoms with E-state index in [1.165, 1.54) is 16.6 Å². The van der Waals surface area contributed by atoms with Crippen LogP contribution in [0.3, 0.4) is 0 Å². The highest BCUT2D eigenvalue weighted by Gasteiger charge is 2.23. The maximum Gasteiger partial charge on any atom is 0.267 e. The van der Waals surface area contributed by atoms with Crippen LogP contribution in [0.2, 0.25) is 0 Å². The fourth-order valence-electron chi connectivity index (χ4n) is 4.85. The molecule has 0 aliphatic heterocycles. The standard InChI is InChI=1S/C32H28N4O3S2/c37-28(35-33-19-23-12-9-15-25(18-23)39-20-22-10-3-1-4-11-22)21-40-32-34-30-29(26-16-7-8-17-27(26)41-30)31(38)36(32)24-13-5-2-6-14-24/h1-6,9-15,18-19H,7-8,16-17,20-21H2,(H,35,37). The Morgan fingerprint density at radius 2 is 1.80 bits per heavy atom. The zero-order valence-electron chi connectivity index (χ0n) is 22.3. The van der Waals surface area contributed by atoms with E-state index in [-0.39, 0.29) is 17.2 Å². The molecule has 0 spiro atoms. The molecule has 6 rings (SSSR count). The Morgan fingerprint density at radius 3 is 2.63 bits per heavy atom. The largest absolute Gasteiger partial charge is 0.489 e. The van der Waals surface area contributed by atoms with Gasteiger partial charge in [-0.1, -0.05) is 72.4 Å². The molecule has 1 N–H and O–H groups in total. The number of hydrogen-bond acceptors (Lipinski definition) is 7. The molecule has 0 bridgehead atoms. The molecule has 7 nitrogen and oxygen atoms in total. The number of nitrogens with one attached hydrogen (secondary N) is 1. The third-order valence-electron chi connectivity index (χ3n) is 6.81. The predicted octanol–water partition coefficient (Wildman–Crippen LogP) is 6.15. The van der Waals surface area contributed by atoms with Crippen LogP contribution in [0, 0.1) is 0 Å². The Labute approximate surface area is 245 Å². The summed E-state index contributed by atoms with van der Waals surface area (Å²) in [5.74, 6) is 0.491. The molecular formula is C32H28N4O3S2. The Balaban J connectivity index is 1.14. The monoisotopic (exact) mass is 580 g/mol. The Hall–Kier alpha value is -4.21. The molecule has 41 heavy (non-hydrogen) atoms. The second-order valence-corrected chi connectivity index (χ2v) is 11.7. The first-order valence-electron chi connectivity index (χ1n) is 13.5. The minimum Gasteiger partial charge on any atom is -0.489 e. The Bertz CT molecular complexity index is 1770. The summed E-state index contributed by atoms with van der Waals surface area (Å²) in [5, 5.41) is 5.34. The summed E-state index contributed by atoms with van der Waals surface area (Å²) in [5.41, 5.74) is 6.28. The van der Waals surface area contributed by atoms with Crippen LogP contribution in [0.1, 0.15) is 34.4 Å². The van der Waals surface area contributed by atoms with Gasteiger partial charge in [-0.25, -0.2) is 10.4 Å². The van der Waals surface area contributed by atoms with Crippen LogP contribution in [-0.4, -0.2) is 27.4 Å². The number of aryl methyl sites for hydroxylation is 2. The summed E-state index contributed by atoms with van der Waals surface area (Å²) in [6.07, 6.45) is 5.71. The van der Waals surface area contributed by atoms with Crippen LogP contribution in [0.5, 0.6) is 5.75 Å². The maximum atomic E-state index is 13.8. The van der Waals surface area contributed by atoms with Crippen LogP contribution in [0.15, 0.2) is 100.0 Å². The lowest BCUT2D eigenvalue weighted by Gasteiger charge is -2.13. The van der Waals surface area contributed by atoms with Gasteiger partial charge in [0, 0.05) is 4.88 Å². The first-order chi connectivity index (χ1) is 20.2. The Kier molecular flexibility index (Phi) is 8.25. The summed E-state index contributed by atoms with van der Waals surface area (Å²) in [4.78, 5) is 33.4. The van der Waals surface area contributed by atoms with Crippen molar-refractivity contribution >= 4 is 45.4 Å². The minimum absolute atomic E-state index is 0.0629. The summed E-state index contributed by atoms with van der Waals surface area (Å²) in [7, 11) is 0. The van der Waals surface area contributed by atoms with Crippen molar-refractivity contribution in [3.8, 4) is 11.4 Å². The van der Waals surface area contributed by atoms with Gasteiger partial charge >= 0.3 is 0 Å². The highest BCUT2D eigenvalue weighted by atomic mass is 32.2. The molecular weight excluding hydrogens is 553 g/mol. The van der Waals surface area contributed by atoms with Crippen molar-refractivity contribution in [1.29, 1.82) is 0 Å². The lowest BCUT2D eigenvalue weighted by Crippen LogP contribution is -2.24. The number of ether oxygens (including phenoxy) is 1. The molecule has 3 aromatic carbocycles. The van der Waals surface area contributed by atoms with E-state index in [4.69, 9.17) is 9.72 Å². The highest BCUT2D eigenvalue weighted by molar-refractivity contribution is 7.99. The van der Waals surface area contributed by atoms with Crippen molar-refractivity contribution in [2.24, 2.45) is 5.10 Å². The first-order valence-corrected chi connectivity index (χ1v) is 15.3. The second kappa shape index (κ2) is 12.5. The van der Waals surface area contributed by atoms with Crippen molar-refractivity contribution in [1.82, 2.24) is 15.0 Å². The number of hydrogen-bond donors (Lipinski definition) is 1. The molecule has 0 atom stereocenters. The zero-order chi connectivity index (χ0) is 28.0. The average Bonchev–Trinajstić information content (AvgIpc) is 3.39. The number of carbonyl (C=O) groups is 1. The van der Waals surface area contributed by atoms with Gasteiger partial charge in [0.2, 0.25) is 0 Å². The van der Waals surface area contributed by atoms with Gasteiger partial charge in [0.15, 0.2) is 5.16 Å². The van der Waals surface area contributed by atoms with E-state index >= 15 is 0 Å². The molecule has 206 valence electrons. The van der Waals surface area contributed by atoms with Gasteiger partial charge < -0.3 is 4.74 Å². The molecule has 2 heterocycles. The summed E-state index contributed by atoms with van der Waals surface area (Å²) < 4.78 is 7.51. The van der Waals surface area contributed by atoms with Gasteiger partial charge in [-0.05, 0) is 66.6 Å². The van der Waals surface area contributed by atoms with Crippen LogP contribution in [0.25, 0.3) is 15.9 Å². The number of hydrazone groups is 1. The summed E-state index contributed by atoms with van der Waals surface area (Å²) in [6.45, 7) is 0.470. The maximum absolute atomic E-state index is 13.8. The van der Waals surface area contributed by atoms with E-state index in [9.17, 15) is 9.59 Å². The van der Waals surface area contributed by atoms with Crippen LogP contribution < -0.4 is 15.7 Å². The number of fused-ring (bicyclic) bond motifs is 3. The van der Waals surface area contributed by atoms with Crippen LogP contribution in [-0.2, 0) is 24.2 Å². The smallest absolute Gasteiger partial charge is 0.267 e. The topological polar surface area (TPSA) is 85.6 Å². The van der Waals surface area contributed by atoms with Crippen molar-refractivity contribution in [2.45, 2.75) is 37.4 Å². The molecule has 1 amide bonds. The number of rotatable bonds is 9. The van der Waals surface area contributed by atoms with E-state index in [2.05, 4.69) is 10.5 Å². The number of carbonyl (C=O) groups excluding carboxylic acids is 1. The predicted molar refractivity (Wildman–Crippen MR) is 166 cm³/mol. The number of thiophene rings is 1. The molecule has 5 aromatic rings. The van der Waals surface area contributed by atoms with Crippen molar-refractivity contribution < 1.29 is 9.53 Å². The van der Waals surface area contributed by atoms with Crippen molar-refractivity contribution in [3.05, 3.63) is 117 Å². The van der Waals surface area contributed by atoms with Crippen LogP contribution >= 0.6 is 23.1 Å².